The second kappa shape index (κ2) is 9.57. The number of carbonyl (C=O) groups excluding carboxylic acids is 2. The summed E-state index contributed by atoms with van der Waals surface area (Å²) in [5.41, 5.74) is 0.452. The average molecular weight is 439 g/mol. The fourth-order valence-corrected chi connectivity index (χ4v) is 4.26. The van der Waals surface area contributed by atoms with E-state index in [2.05, 4.69) is 0 Å². The Bertz CT molecular complexity index is 1050. The Balaban J connectivity index is 2.65. The van der Waals surface area contributed by atoms with Crippen LogP contribution in [-0.2, 0) is 24.3 Å². The molecule has 0 unspecified atom stereocenters. The summed E-state index contributed by atoms with van der Waals surface area (Å²) in [7, 11) is -1.95. The van der Waals surface area contributed by atoms with Gasteiger partial charge in [0.05, 0.1) is 37.0 Å². The monoisotopic (exact) mass is 439 g/mol. The van der Waals surface area contributed by atoms with Gasteiger partial charge >= 0.3 is 11.9 Å². The van der Waals surface area contributed by atoms with Crippen LogP contribution in [0.2, 0.25) is 0 Å². The molecule has 0 N–H and O–H groups in total. The van der Waals surface area contributed by atoms with Crippen molar-refractivity contribution in [2.75, 3.05) is 31.7 Å². The Kier molecular flexibility index (Phi) is 7.38. The van der Waals surface area contributed by atoms with E-state index < -0.39 is 39.2 Å². The molecular formula is C20H22FNO7S. The molecule has 2 aromatic carbocycles. The van der Waals surface area contributed by atoms with Gasteiger partial charge in [-0.1, -0.05) is 6.07 Å². The highest BCUT2D eigenvalue weighted by Crippen LogP contribution is 2.30. The predicted molar refractivity (Wildman–Crippen MR) is 107 cm³/mol. The standard InChI is InChI=1S/C20H22FNO7S/c1-5-29-19(23)12-22(17-8-6-7-15(13(17)2)20(24)28-4)30(25,26)14-9-10-18(27-3)16(21)11-14/h6-11H,5,12H2,1-4H3. The number of hydrogen-bond acceptors (Lipinski definition) is 7. The van der Waals surface area contributed by atoms with Gasteiger partial charge in [0.15, 0.2) is 11.6 Å². The second-order valence-corrected chi connectivity index (χ2v) is 7.92. The maximum Gasteiger partial charge on any atom is 0.338 e. The third kappa shape index (κ3) is 4.70. The molecule has 0 aromatic heterocycles. The SMILES string of the molecule is CCOC(=O)CN(c1cccc(C(=O)OC)c1C)S(=O)(=O)c1ccc(OC)c(F)c1. The third-order valence-corrected chi connectivity index (χ3v) is 6.02. The third-order valence-electron chi connectivity index (χ3n) is 4.27. The maximum atomic E-state index is 14.2. The van der Waals surface area contributed by atoms with Gasteiger partial charge in [0.1, 0.15) is 6.54 Å². The van der Waals surface area contributed by atoms with Gasteiger partial charge in [0.25, 0.3) is 10.0 Å². The molecule has 0 aliphatic heterocycles. The van der Waals surface area contributed by atoms with Gasteiger partial charge in [0, 0.05) is 0 Å². The van der Waals surface area contributed by atoms with Crippen LogP contribution in [0.5, 0.6) is 5.75 Å². The highest BCUT2D eigenvalue weighted by molar-refractivity contribution is 7.92. The summed E-state index contributed by atoms with van der Waals surface area (Å²) in [4.78, 5) is 23.8. The molecule has 8 nitrogen and oxygen atoms in total. The maximum absolute atomic E-state index is 14.2. The zero-order chi connectivity index (χ0) is 22.5. The van der Waals surface area contributed by atoms with Gasteiger partial charge in [-0.2, -0.15) is 0 Å². The number of esters is 2. The molecule has 0 amide bonds. The topological polar surface area (TPSA) is 99.2 Å². The molecule has 2 aromatic rings. The first-order valence-corrected chi connectivity index (χ1v) is 10.3. The average Bonchev–Trinajstić information content (AvgIpc) is 2.72. The Hall–Kier alpha value is -3.14. The number of rotatable bonds is 8. The lowest BCUT2D eigenvalue weighted by Crippen LogP contribution is -2.37. The molecule has 10 heteroatoms. The van der Waals surface area contributed by atoms with E-state index in [9.17, 15) is 22.4 Å². The molecule has 0 radical (unpaired) electrons. The van der Waals surface area contributed by atoms with Gasteiger partial charge < -0.3 is 14.2 Å². The minimum atomic E-state index is -4.40. The first-order chi connectivity index (χ1) is 14.2. The lowest BCUT2D eigenvalue weighted by molar-refractivity contribution is -0.141. The Morgan fingerprint density at radius 1 is 1.13 bits per heavy atom. The lowest BCUT2D eigenvalue weighted by Gasteiger charge is -2.26. The Labute approximate surface area is 174 Å². The van der Waals surface area contributed by atoms with E-state index in [4.69, 9.17) is 14.2 Å². The van der Waals surface area contributed by atoms with Crippen molar-refractivity contribution < 1.29 is 36.6 Å². The van der Waals surface area contributed by atoms with Crippen LogP contribution >= 0.6 is 0 Å². The van der Waals surface area contributed by atoms with Crippen LogP contribution in [0, 0.1) is 12.7 Å². The van der Waals surface area contributed by atoms with Crippen LogP contribution in [-0.4, -0.2) is 47.7 Å². The molecule has 0 saturated heterocycles. The van der Waals surface area contributed by atoms with Gasteiger partial charge in [0.2, 0.25) is 0 Å². The van der Waals surface area contributed by atoms with E-state index in [1.54, 1.807) is 6.92 Å². The molecule has 0 fully saturated rings. The van der Waals surface area contributed by atoms with Crippen molar-refractivity contribution in [1.82, 2.24) is 0 Å². The molecular weight excluding hydrogens is 417 g/mol. The molecule has 0 saturated carbocycles. The van der Waals surface area contributed by atoms with E-state index in [1.807, 2.05) is 0 Å². The van der Waals surface area contributed by atoms with Gasteiger partial charge in [-0.3, -0.25) is 9.10 Å². The van der Waals surface area contributed by atoms with Crippen LogP contribution in [0.25, 0.3) is 0 Å². The van der Waals surface area contributed by atoms with Gasteiger partial charge in [-0.25, -0.2) is 17.6 Å². The summed E-state index contributed by atoms with van der Waals surface area (Å²) in [6.07, 6.45) is 0. The zero-order valence-electron chi connectivity index (χ0n) is 17.0. The Morgan fingerprint density at radius 2 is 1.83 bits per heavy atom. The molecule has 0 aliphatic carbocycles. The second-order valence-electron chi connectivity index (χ2n) is 6.05. The molecule has 0 aliphatic rings. The van der Waals surface area contributed by atoms with Crippen molar-refractivity contribution >= 4 is 27.6 Å². The number of carbonyl (C=O) groups is 2. The summed E-state index contributed by atoms with van der Waals surface area (Å²) in [5.74, 6) is -2.49. The molecule has 0 heterocycles. The summed E-state index contributed by atoms with van der Waals surface area (Å²) in [6.45, 7) is 2.48. The number of anilines is 1. The van der Waals surface area contributed by atoms with E-state index >= 15 is 0 Å². The Morgan fingerprint density at radius 3 is 2.40 bits per heavy atom. The van der Waals surface area contributed by atoms with Gasteiger partial charge in [-0.15, -0.1) is 0 Å². The number of methoxy groups -OCH3 is 2. The summed E-state index contributed by atoms with van der Waals surface area (Å²) in [6, 6.07) is 7.48. The molecule has 0 bridgehead atoms. The molecule has 30 heavy (non-hydrogen) atoms. The van der Waals surface area contributed by atoms with Crippen molar-refractivity contribution in [2.45, 2.75) is 18.7 Å². The minimum absolute atomic E-state index is 0.0467. The van der Waals surface area contributed by atoms with Crippen LogP contribution in [0.4, 0.5) is 10.1 Å². The van der Waals surface area contributed by atoms with Crippen molar-refractivity contribution in [2.24, 2.45) is 0 Å². The number of hydrogen-bond donors (Lipinski definition) is 0. The normalized spacial score (nSPS) is 11.0. The summed E-state index contributed by atoms with van der Waals surface area (Å²) < 4.78 is 56.0. The zero-order valence-corrected chi connectivity index (χ0v) is 17.8. The first kappa shape index (κ1) is 23.1. The molecule has 2 rings (SSSR count). The van der Waals surface area contributed by atoms with Crippen LogP contribution in [0.1, 0.15) is 22.8 Å². The summed E-state index contributed by atoms with van der Waals surface area (Å²) >= 11 is 0. The van der Waals surface area contributed by atoms with Crippen molar-refractivity contribution in [3.8, 4) is 5.75 Å². The number of nitrogens with zero attached hydrogens (tertiary/aromatic N) is 1. The quantitative estimate of drug-likeness (QED) is 0.583. The first-order valence-electron chi connectivity index (χ1n) is 8.87. The molecule has 0 spiro atoms. The van der Waals surface area contributed by atoms with E-state index in [1.165, 1.54) is 45.4 Å². The number of halogens is 1. The van der Waals surface area contributed by atoms with E-state index in [0.717, 1.165) is 16.4 Å². The fraction of sp³-hybridized carbons (Fsp3) is 0.300. The minimum Gasteiger partial charge on any atom is -0.494 e. The molecule has 0 atom stereocenters. The number of benzene rings is 2. The smallest absolute Gasteiger partial charge is 0.338 e. The van der Waals surface area contributed by atoms with E-state index in [0.29, 0.717) is 0 Å². The van der Waals surface area contributed by atoms with E-state index in [-0.39, 0.29) is 29.2 Å². The van der Waals surface area contributed by atoms with Crippen LogP contribution in [0.3, 0.4) is 0 Å². The van der Waals surface area contributed by atoms with Crippen molar-refractivity contribution in [3.05, 3.63) is 53.3 Å². The van der Waals surface area contributed by atoms with Gasteiger partial charge in [-0.05, 0) is 49.7 Å². The van der Waals surface area contributed by atoms with Crippen molar-refractivity contribution in [1.29, 1.82) is 0 Å². The summed E-state index contributed by atoms with van der Waals surface area (Å²) in [5, 5.41) is 0. The fourth-order valence-electron chi connectivity index (χ4n) is 2.78. The van der Waals surface area contributed by atoms with Crippen molar-refractivity contribution in [3.63, 3.8) is 0 Å². The number of sulfonamides is 1. The highest BCUT2D eigenvalue weighted by atomic mass is 32.2. The van der Waals surface area contributed by atoms with Crippen LogP contribution < -0.4 is 9.04 Å². The highest BCUT2D eigenvalue weighted by Gasteiger charge is 2.30. The predicted octanol–water partition coefficient (Wildman–Crippen LogP) is 2.69. The largest absolute Gasteiger partial charge is 0.494 e. The molecule has 162 valence electrons. The lowest BCUT2D eigenvalue weighted by atomic mass is 10.1. The number of ether oxygens (including phenoxy) is 3. The van der Waals surface area contributed by atoms with Crippen LogP contribution in [0.15, 0.2) is 41.3 Å².